The number of thiophene rings is 1. The molecule has 0 saturated heterocycles. The molecule has 0 aliphatic carbocycles. The molecule has 22 heavy (non-hydrogen) atoms. The zero-order valence-electron chi connectivity index (χ0n) is 12.0. The van der Waals surface area contributed by atoms with Crippen molar-refractivity contribution in [3.05, 3.63) is 51.2 Å². The summed E-state index contributed by atoms with van der Waals surface area (Å²) in [5, 5.41) is 19.5. The van der Waals surface area contributed by atoms with E-state index in [-0.39, 0.29) is 12.6 Å². The van der Waals surface area contributed by atoms with Crippen molar-refractivity contribution in [3.8, 4) is 5.75 Å². The Morgan fingerprint density at radius 1 is 1.41 bits per heavy atom. The van der Waals surface area contributed by atoms with Crippen LogP contribution in [0, 0.1) is 0 Å². The molecule has 7 heteroatoms. The van der Waals surface area contributed by atoms with E-state index in [1.807, 2.05) is 16.8 Å². The first-order valence-electron chi connectivity index (χ1n) is 6.64. The van der Waals surface area contributed by atoms with Crippen molar-refractivity contribution in [2.45, 2.75) is 12.6 Å². The summed E-state index contributed by atoms with van der Waals surface area (Å²) in [6, 6.07) is 6.69. The summed E-state index contributed by atoms with van der Waals surface area (Å²) in [7, 11) is 1.55. The van der Waals surface area contributed by atoms with Gasteiger partial charge in [-0.1, -0.05) is 17.7 Å². The first kappa shape index (κ1) is 16.6. The van der Waals surface area contributed by atoms with E-state index in [9.17, 15) is 9.90 Å². The maximum Gasteiger partial charge on any atom is 0.315 e. The smallest absolute Gasteiger partial charge is 0.315 e. The third-order valence-electron chi connectivity index (χ3n) is 3.07. The van der Waals surface area contributed by atoms with E-state index in [2.05, 4.69) is 10.6 Å². The minimum Gasteiger partial charge on any atom is -0.496 e. The molecular weight excluding hydrogens is 324 g/mol. The van der Waals surface area contributed by atoms with E-state index in [1.54, 1.807) is 25.3 Å². The van der Waals surface area contributed by atoms with E-state index in [0.717, 1.165) is 11.1 Å². The van der Waals surface area contributed by atoms with Gasteiger partial charge in [-0.15, -0.1) is 0 Å². The van der Waals surface area contributed by atoms with Gasteiger partial charge in [-0.3, -0.25) is 0 Å². The quantitative estimate of drug-likeness (QED) is 0.757. The number of nitrogens with one attached hydrogen (secondary N) is 2. The van der Waals surface area contributed by atoms with Gasteiger partial charge in [-0.2, -0.15) is 11.3 Å². The second-order valence-corrected chi connectivity index (χ2v) is 5.81. The first-order chi connectivity index (χ1) is 10.6. The SMILES string of the molecule is COc1cc(Cl)ccc1CNC(=O)NC[C@@H](O)c1ccsc1. The predicted molar refractivity (Wildman–Crippen MR) is 87.5 cm³/mol. The van der Waals surface area contributed by atoms with Crippen molar-refractivity contribution in [2.24, 2.45) is 0 Å². The maximum absolute atomic E-state index is 11.8. The fraction of sp³-hybridized carbons (Fsp3) is 0.267. The highest BCUT2D eigenvalue weighted by molar-refractivity contribution is 7.07. The Hall–Kier alpha value is -1.76. The Kier molecular flexibility index (Phi) is 6.06. The molecule has 0 aliphatic rings. The number of hydrogen-bond acceptors (Lipinski definition) is 4. The number of halogens is 1. The van der Waals surface area contributed by atoms with Crippen molar-refractivity contribution in [1.29, 1.82) is 0 Å². The van der Waals surface area contributed by atoms with E-state index in [1.165, 1.54) is 11.3 Å². The minimum atomic E-state index is -0.706. The summed E-state index contributed by atoms with van der Waals surface area (Å²) >= 11 is 7.39. The normalized spacial score (nSPS) is 11.8. The molecule has 0 fully saturated rings. The number of aliphatic hydroxyl groups is 1. The summed E-state index contributed by atoms with van der Waals surface area (Å²) in [5.74, 6) is 0.617. The van der Waals surface area contributed by atoms with Crippen LogP contribution in [0.15, 0.2) is 35.0 Å². The van der Waals surface area contributed by atoms with Gasteiger partial charge in [-0.25, -0.2) is 4.79 Å². The molecule has 1 heterocycles. The third kappa shape index (κ3) is 4.62. The van der Waals surface area contributed by atoms with Gasteiger partial charge >= 0.3 is 6.03 Å². The van der Waals surface area contributed by atoms with Crippen molar-refractivity contribution < 1.29 is 14.6 Å². The van der Waals surface area contributed by atoms with E-state index in [0.29, 0.717) is 17.3 Å². The molecule has 5 nitrogen and oxygen atoms in total. The highest BCUT2D eigenvalue weighted by Crippen LogP contribution is 2.22. The van der Waals surface area contributed by atoms with E-state index in [4.69, 9.17) is 16.3 Å². The topological polar surface area (TPSA) is 70.6 Å². The maximum atomic E-state index is 11.8. The number of urea groups is 1. The number of methoxy groups -OCH3 is 1. The molecule has 0 spiro atoms. The monoisotopic (exact) mass is 340 g/mol. The van der Waals surface area contributed by atoms with Gasteiger partial charge in [0.1, 0.15) is 5.75 Å². The van der Waals surface area contributed by atoms with Crippen LogP contribution in [-0.4, -0.2) is 24.8 Å². The average Bonchev–Trinajstić information content (AvgIpc) is 3.05. The molecule has 1 aromatic carbocycles. The summed E-state index contributed by atoms with van der Waals surface area (Å²) < 4.78 is 5.21. The number of rotatable bonds is 6. The number of carbonyl (C=O) groups excluding carboxylic acids is 1. The fourth-order valence-electron chi connectivity index (χ4n) is 1.87. The van der Waals surface area contributed by atoms with Gasteiger partial charge in [0.15, 0.2) is 0 Å². The minimum absolute atomic E-state index is 0.153. The lowest BCUT2D eigenvalue weighted by Crippen LogP contribution is -2.37. The van der Waals surface area contributed by atoms with Crippen LogP contribution >= 0.6 is 22.9 Å². The largest absolute Gasteiger partial charge is 0.496 e. The lowest BCUT2D eigenvalue weighted by molar-refractivity contribution is 0.173. The standard InChI is InChI=1S/C15H17ClN2O3S/c1-21-14-6-12(16)3-2-10(14)7-17-15(20)18-8-13(19)11-4-5-22-9-11/h2-6,9,13,19H,7-8H2,1H3,(H2,17,18,20)/t13-/m1/s1. The molecule has 1 aromatic heterocycles. The molecule has 118 valence electrons. The fourth-order valence-corrected chi connectivity index (χ4v) is 2.74. The highest BCUT2D eigenvalue weighted by Gasteiger charge is 2.10. The molecule has 3 N–H and O–H groups in total. The average molecular weight is 341 g/mol. The van der Waals surface area contributed by atoms with Gasteiger partial charge in [0.05, 0.1) is 13.2 Å². The Bertz CT molecular complexity index is 619. The number of amides is 2. The zero-order chi connectivity index (χ0) is 15.9. The Morgan fingerprint density at radius 2 is 2.23 bits per heavy atom. The molecule has 0 bridgehead atoms. The summed E-state index contributed by atoms with van der Waals surface area (Å²) in [6.07, 6.45) is -0.706. The lowest BCUT2D eigenvalue weighted by Gasteiger charge is -2.13. The van der Waals surface area contributed by atoms with Crippen LogP contribution in [0.2, 0.25) is 5.02 Å². The lowest BCUT2D eigenvalue weighted by atomic mass is 10.2. The molecule has 1 atom stereocenters. The van der Waals surface area contributed by atoms with Crippen LogP contribution in [0.1, 0.15) is 17.2 Å². The Labute approximate surface area is 137 Å². The third-order valence-corrected chi connectivity index (χ3v) is 4.01. The number of carbonyl (C=O) groups is 1. The van der Waals surface area contributed by atoms with Crippen LogP contribution in [-0.2, 0) is 6.54 Å². The summed E-state index contributed by atoms with van der Waals surface area (Å²) in [6.45, 7) is 0.459. The van der Waals surface area contributed by atoms with Gasteiger partial charge in [0.25, 0.3) is 0 Å². The van der Waals surface area contributed by atoms with Crippen LogP contribution in [0.25, 0.3) is 0 Å². The van der Waals surface area contributed by atoms with Crippen LogP contribution in [0.5, 0.6) is 5.75 Å². The Morgan fingerprint density at radius 3 is 2.91 bits per heavy atom. The molecule has 0 aliphatic heterocycles. The first-order valence-corrected chi connectivity index (χ1v) is 7.96. The molecule has 0 radical (unpaired) electrons. The zero-order valence-corrected chi connectivity index (χ0v) is 13.6. The molecular formula is C15H17ClN2O3S. The van der Waals surface area contributed by atoms with Crippen molar-refractivity contribution in [2.75, 3.05) is 13.7 Å². The highest BCUT2D eigenvalue weighted by atomic mass is 35.5. The second kappa shape index (κ2) is 8.03. The second-order valence-electron chi connectivity index (χ2n) is 4.59. The molecule has 2 amide bonds. The van der Waals surface area contributed by atoms with Gasteiger partial charge in [0.2, 0.25) is 0 Å². The number of aliphatic hydroxyl groups excluding tert-OH is 1. The van der Waals surface area contributed by atoms with Gasteiger partial charge < -0.3 is 20.5 Å². The number of ether oxygens (including phenoxy) is 1. The summed E-state index contributed by atoms with van der Waals surface area (Å²) in [5.41, 5.74) is 1.62. The van der Waals surface area contributed by atoms with E-state index < -0.39 is 6.10 Å². The van der Waals surface area contributed by atoms with E-state index >= 15 is 0 Å². The molecule has 0 saturated carbocycles. The molecule has 2 aromatic rings. The van der Waals surface area contributed by atoms with Crippen LogP contribution in [0.4, 0.5) is 4.79 Å². The van der Waals surface area contributed by atoms with Gasteiger partial charge in [0, 0.05) is 23.7 Å². The van der Waals surface area contributed by atoms with Crippen LogP contribution < -0.4 is 15.4 Å². The van der Waals surface area contributed by atoms with Gasteiger partial charge in [-0.05, 0) is 34.5 Å². The Balaban J connectivity index is 1.80. The molecule has 0 unspecified atom stereocenters. The van der Waals surface area contributed by atoms with Crippen molar-refractivity contribution >= 4 is 29.0 Å². The number of benzene rings is 1. The predicted octanol–water partition coefficient (Wildman–Crippen LogP) is 2.94. The molecule has 2 rings (SSSR count). The van der Waals surface area contributed by atoms with Crippen molar-refractivity contribution in [3.63, 3.8) is 0 Å². The number of hydrogen-bond donors (Lipinski definition) is 3. The van der Waals surface area contributed by atoms with Crippen LogP contribution in [0.3, 0.4) is 0 Å². The summed E-state index contributed by atoms with van der Waals surface area (Å²) in [4.78, 5) is 11.8. The van der Waals surface area contributed by atoms with Crippen molar-refractivity contribution in [1.82, 2.24) is 10.6 Å².